The predicted molar refractivity (Wildman–Crippen MR) is 200 cm³/mol. The molecule has 21 atom stereocenters. The summed E-state index contributed by atoms with van der Waals surface area (Å²) >= 11 is 0. The zero-order chi connectivity index (χ0) is 41.1. The summed E-state index contributed by atoms with van der Waals surface area (Å²) in [6.45, 7) is 16.3. The molecule has 14 heteroatoms. The normalized spacial score (nSPS) is 56.0. The highest BCUT2D eigenvalue weighted by molar-refractivity contribution is 5.20. The van der Waals surface area contributed by atoms with E-state index in [2.05, 4.69) is 41.5 Å². The number of aliphatic hydroxyl groups is 9. The number of hydrogen-bond acceptors (Lipinski definition) is 14. The van der Waals surface area contributed by atoms with E-state index in [4.69, 9.17) is 23.7 Å². The number of aliphatic hydroxyl groups excluding tert-OH is 8. The highest BCUT2D eigenvalue weighted by Crippen LogP contribution is 2.76. The van der Waals surface area contributed by atoms with E-state index in [1.807, 2.05) is 13.8 Å². The summed E-state index contributed by atoms with van der Waals surface area (Å²) in [6.07, 6.45) is -8.45. The smallest absolute Gasteiger partial charge is 0.187 e. The van der Waals surface area contributed by atoms with Crippen LogP contribution in [0.1, 0.15) is 113 Å². The first-order valence-corrected chi connectivity index (χ1v) is 21.3. The average molecular weight is 801 g/mol. The van der Waals surface area contributed by atoms with Crippen molar-refractivity contribution in [2.24, 2.45) is 45.3 Å². The minimum atomic E-state index is -1.75. The second-order valence-corrected chi connectivity index (χ2v) is 21.1. The van der Waals surface area contributed by atoms with Crippen LogP contribution in [0.4, 0.5) is 0 Å². The molecule has 7 fully saturated rings. The molecule has 0 bridgehead atoms. The van der Waals surface area contributed by atoms with Gasteiger partial charge in [-0.3, -0.25) is 0 Å². The van der Waals surface area contributed by atoms with Gasteiger partial charge in [-0.2, -0.15) is 0 Å². The van der Waals surface area contributed by atoms with Crippen molar-refractivity contribution in [3.05, 3.63) is 0 Å². The highest BCUT2D eigenvalue weighted by atomic mass is 16.8. The molecule has 7 aliphatic rings. The van der Waals surface area contributed by atoms with Crippen LogP contribution in [0, 0.1) is 45.3 Å². The molecule has 9 N–H and O–H groups in total. The van der Waals surface area contributed by atoms with Crippen LogP contribution in [0.15, 0.2) is 0 Å². The molecule has 0 aromatic rings. The van der Waals surface area contributed by atoms with E-state index in [9.17, 15) is 46.0 Å². The van der Waals surface area contributed by atoms with Gasteiger partial charge in [-0.15, -0.1) is 0 Å². The molecule has 3 heterocycles. The van der Waals surface area contributed by atoms with Crippen molar-refractivity contribution in [3.8, 4) is 0 Å². The largest absolute Gasteiger partial charge is 0.394 e. The van der Waals surface area contributed by atoms with E-state index in [1.165, 1.54) is 0 Å². The Morgan fingerprint density at radius 2 is 1.25 bits per heavy atom. The van der Waals surface area contributed by atoms with E-state index in [0.717, 1.165) is 44.9 Å². The fourth-order valence-corrected chi connectivity index (χ4v) is 14.1. The van der Waals surface area contributed by atoms with Gasteiger partial charge in [0.1, 0.15) is 48.8 Å². The summed E-state index contributed by atoms with van der Waals surface area (Å²) in [5.74, 6) is 0.725. The Morgan fingerprint density at radius 3 is 1.86 bits per heavy atom. The predicted octanol–water partition coefficient (Wildman–Crippen LogP) is 1.36. The molecule has 4 saturated carbocycles. The first-order valence-electron chi connectivity index (χ1n) is 21.3. The van der Waals surface area contributed by atoms with Crippen LogP contribution in [0.25, 0.3) is 0 Å². The summed E-state index contributed by atoms with van der Waals surface area (Å²) in [7, 11) is 0. The van der Waals surface area contributed by atoms with Crippen molar-refractivity contribution < 1.29 is 69.6 Å². The van der Waals surface area contributed by atoms with Crippen molar-refractivity contribution in [1.29, 1.82) is 0 Å². The van der Waals surface area contributed by atoms with Crippen molar-refractivity contribution in [1.82, 2.24) is 0 Å². The molecule has 0 spiro atoms. The molecular weight excluding hydrogens is 728 g/mol. The zero-order valence-electron chi connectivity index (χ0n) is 34.7. The SMILES string of the molecule is CC(C)(O)[C@@H]1CC[C@](C)([C@H]2CC[C@]3(C)[C@@H]2[C@H](O)C[C@@H]2[C@@]4(C)CC[C@H](O[C@@H]5O[C@H](CO)[C@@H](O)[C@H](O)[C@H]5O[C@@H]5O[C@H](CO)[C@@H](O)[C@H](O)[C@H]5O)C(C)(C)[C@@H]4CC[C@]23C)O1. The first kappa shape index (κ1) is 43.5. The average Bonchev–Trinajstić information content (AvgIpc) is 3.73. The Balaban J connectivity index is 1.11. The van der Waals surface area contributed by atoms with Crippen LogP contribution in [0.5, 0.6) is 0 Å². The molecular formula is C42H72O14. The summed E-state index contributed by atoms with van der Waals surface area (Å²) in [6, 6.07) is 0. The van der Waals surface area contributed by atoms with Gasteiger partial charge >= 0.3 is 0 Å². The highest BCUT2D eigenvalue weighted by Gasteiger charge is 2.72. The lowest BCUT2D eigenvalue weighted by atomic mass is 9.35. The molecule has 0 aromatic carbocycles. The van der Waals surface area contributed by atoms with Crippen LogP contribution >= 0.6 is 0 Å². The molecule has 56 heavy (non-hydrogen) atoms. The van der Waals surface area contributed by atoms with Crippen LogP contribution in [-0.2, 0) is 23.7 Å². The third kappa shape index (κ3) is 6.58. The third-order valence-electron chi connectivity index (χ3n) is 17.5. The van der Waals surface area contributed by atoms with Gasteiger partial charge in [-0.05, 0) is 124 Å². The maximum Gasteiger partial charge on any atom is 0.187 e. The van der Waals surface area contributed by atoms with Crippen LogP contribution in [0.3, 0.4) is 0 Å². The van der Waals surface area contributed by atoms with Crippen molar-refractivity contribution >= 4 is 0 Å². The van der Waals surface area contributed by atoms with Gasteiger partial charge in [0.2, 0.25) is 0 Å². The topological polar surface area (TPSA) is 228 Å². The van der Waals surface area contributed by atoms with Gasteiger partial charge in [0, 0.05) is 0 Å². The standard InChI is InChI=1S/C42H72O14/c1-37(2)24-10-15-40(6)25(17-21(45)28-20(9-14-41(28,40)7)42(8)16-12-27(56-42)38(3,4)51)39(24,5)13-11-26(37)54-36-34(32(49)30(47)23(19-44)53-36)55-35-33(50)31(48)29(46)22(18-43)52-35/h20-36,43-51H,9-19H2,1-8H3/t20-,21+,22+,23+,24-,25+,26-,27-,28-,29+,30+,31-,32-,33+,34+,35-,36-,39-,40+,41+,42+/m0/s1. The molecule has 14 nitrogen and oxygen atoms in total. The summed E-state index contributed by atoms with van der Waals surface area (Å²) < 4.78 is 31.1. The maximum absolute atomic E-state index is 12.3. The second kappa shape index (κ2) is 14.8. The molecule has 324 valence electrons. The Morgan fingerprint density at radius 1 is 0.643 bits per heavy atom. The molecule has 3 aliphatic heterocycles. The van der Waals surface area contributed by atoms with Gasteiger partial charge in [0.15, 0.2) is 12.6 Å². The molecule has 7 rings (SSSR count). The van der Waals surface area contributed by atoms with E-state index in [0.29, 0.717) is 12.8 Å². The van der Waals surface area contributed by atoms with Crippen LogP contribution in [0.2, 0.25) is 0 Å². The van der Waals surface area contributed by atoms with Crippen molar-refractivity contribution in [2.45, 2.75) is 204 Å². The third-order valence-corrected chi connectivity index (χ3v) is 17.5. The number of fused-ring (bicyclic) bond motifs is 5. The molecule has 0 radical (unpaired) electrons. The van der Waals surface area contributed by atoms with Crippen LogP contribution in [-0.4, -0.2) is 150 Å². The minimum Gasteiger partial charge on any atom is -0.394 e. The quantitative estimate of drug-likeness (QED) is 0.158. The fraction of sp³-hybridized carbons (Fsp3) is 1.00. The lowest BCUT2D eigenvalue weighted by Crippen LogP contribution is -2.68. The summed E-state index contributed by atoms with van der Waals surface area (Å²) in [4.78, 5) is 0. The molecule has 4 aliphatic carbocycles. The molecule has 0 unspecified atom stereocenters. The zero-order valence-corrected chi connectivity index (χ0v) is 34.7. The van der Waals surface area contributed by atoms with E-state index >= 15 is 0 Å². The molecule has 3 saturated heterocycles. The first-order chi connectivity index (χ1) is 26.0. The summed E-state index contributed by atoms with van der Waals surface area (Å²) in [5, 5.41) is 96.5. The minimum absolute atomic E-state index is 0.0311. The van der Waals surface area contributed by atoms with Crippen LogP contribution < -0.4 is 0 Å². The lowest BCUT2D eigenvalue weighted by molar-refractivity contribution is -0.378. The van der Waals surface area contributed by atoms with Gasteiger partial charge in [-0.25, -0.2) is 0 Å². The van der Waals surface area contributed by atoms with Gasteiger partial charge in [0.05, 0.1) is 42.7 Å². The summed E-state index contributed by atoms with van der Waals surface area (Å²) in [5.41, 5.74) is -2.03. The Hall–Kier alpha value is -0.560. The van der Waals surface area contributed by atoms with Gasteiger partial charge in [-0.1, -0.05) is 34.6 Å². The molecule has 0 amide bonds. The van der Waals surface area contributed by atoms with Crippen molar-refractivity contribution in [2.75, 3.05) is 13.2 Å². The Labute approximate surface area is 331 Å². The van der Waals surface area contributed by atoms with Gasteiger partial charge in [0.25, 0.3) is 0 Å². The Kier molecular flexibility index (Phi) is 11.5. The monoisotopic (exact) mass is 800 g/mol. The van der Waals surface area contributed by atoms with E-state index in [1.54, 1.807) is 0 Å². The maximum atomic E-state index is 12.3. The fourth-order valence-electron chi connectivity index (χ4n) is 14.1. The van der Waals surface area contributed by atoms with E-state index in [-0.39, 0.29) is 46.0 Å². The molecule has 0 aromatic heterocycles. The van der Waals surface area contributed by atoms with Gasteiger partial charge < -0.3 is 69.6 Å². The number of hydrogen-bond donors (Lipinski definition) is 9. The Bertz CT molecular complexity index is 1410. The number of ether oxygens (including phenoxy) is 5. The lowest BCUT2D eigenvalue weighted by Gasteiger charge is -2.70. The van der Waals surface area contributed by atoms with Crippen molar-refractivity contribution in [3.63, 3.8) is 0 Å². The second-order valence-electron chi connectivity index (χ2n) is 21.1. The van der Waals surface area contributed by atoms with E-state index < -0.39 is 103 Å². The number of rotatable bonds is 8.